The Balaban J connectivity index is 1.45. The first-order chi connectivity index (χ1) is 16.1. The van der Waals surface area contributed by atoms with Crippen molar-refractivity contribution in [1.29, 1.82) is 0 Å². The normalized spacial score (nSPS) is 10.8. The fraction of sp³-hybridized carbons (Fsp3) is 0.0455. The lowest BCUT2D eigenvalue weighted by Crippen LogP contribution is -2.15. The first-order valence-corrected chi connectivity index (χ1v) is 10.6. The van der Waals surface area contributed by atoms with Gasteiger partial charge in [0.2, 0.25) is 11.8 Å². The van der Waals surface area contributed by atoms with Crippen LogP contribution < -0.4 is 10.1 Å². The van der Waals surface area contributed by atoms with Crippen LogP contribution in [0.3, 0.4) is 0 Å². The molecule has 3 aromatic heterocycles. The van der Waals surface area contributed by atoms with Gasteiger partial charge in [-0.2, -0.15) is 4.98 Å². The van der Waals surface area contributed by atoms with Gasteiger partial charge in [-0.3, -0.25) is 15.2 Å². The minimum atomic E-state index is -0.603. The van der Waals surface area contributed by atoms with Gasteiger partial charge in [0, 0.05) is 0 Å². The van der Waals surface area contributed by atoms with E-state index in [-0.39, 0.29) is 11.8 Å². The summed E-state index contributed by atoms with van der Waals surface area (Å²) in [5.74, 6) is 0.393. The van der Waals surface area contributed by atoms with Gasteiger partial charge in [-0.25, -0.2) is 14.1 Å². The highest BCUT2D eigenvalue weighted by molar-refractivity contribution is 7.13. The zero-order valence-electron chi connectivity index (χ0n) is 17.2. The highest BCUT2D eigenvalue weighted by Gasteiger charge is 2.21. The predicted octanol–water partition coefficient (Wildman–Crippen LogP) is 4.18. The van der Waals surface area contributed by atoms with Crippen molar-refractivity contribution in [3.8, 4) is 33.5 Å². The van der Waals surface area contributed by atoms with E-state index in [1.54, 1.807) is 25.3 Å². The third kappa shape index (κ3) is 4.08. The Morgan fingerprint density at radius 1 is 1.12 bits per heavy atom. The van der Waals surface area contributed by atoms with Gasteiger partial charge in [0.1, 0.15) is 11.6 Å². The standard InChI is InChI=1S/C22H16FN7O2S/c1-32-16-9-3-2-8-15(16)18-25-22(28-27-18)26-21(31)19-24-20(17-10-5-11-33-17)30(29-19)14-7-4-6-13(23)12-14/h2-12H,1H3,(H2,25,26,27,28,31). The van der Waals surface area contributed by atoms with Gasteiger partial charge in [0.25, 0.3) is 5.91 Å². The second kappa shape index (κ2) is 8.63. The smallest absolute Gasteiger partial charge is 0.297 e. The Hall–Kier alpha value is -4.38. The van der Waals surface area contributed by atoms with Gasteiger partial charge in [-0.05, 0) is 41.8 Å². The van der Waals surface area contributed by atoms with E-state index in [1.165, 1.54) is 28.2 Å². The highest BCUT2D eigenvalue weighted by Crippen LogP contribution is 2.28. The number of rotatable bonds is 6. The number of aromatic amines is 1. The molecule has 5 aromatic rings. The molecule has 33 heavy (non-hydrogen) atoms. The van der Waals surface area contributed by atoms with Crippen LogP contribution in [-0.4, -0.2) is 43.0 Å². The Labute approximate surface area is 190 Å². The van der Waals surface area contributed by atoms with E-state index in [2.05, 4.69) is 30.6 Å². The van der Waals surface area contributed by atoms with Gasteiger partial charge in [0.15, 0.2) is 11.6 Å². The van der Waals surface area contributed by atoms with Crippen LogP contribution in [0.5, 0.6) is 5.75 Å². The molecule has 5 rings (SSSR count). The third-order valence-electron chi connectivity index (χ3n) is 4.68. The Bertz CT molecular complexity index is 1430. The average molecular weight is 461 g/mol. The molecule has 0 fully saturated rings. The lowest BCUT2D eigenvalue weighted by molar-refractivity contribution is 0.101. The number of methoxy groups -OCH3 is 1. The monoisotopic (exact) mass is 461 g/mol. The molecule has 2 aromatic carbocycles. The molecule has 11 heteroatoms. The molecule has 9 nitrogen and oxygen atoms in total. The van der Waals surface area contributed by atoms with Crippen molar-refractivity contribution in [1.82, 2.24) is 29.9 Å². The second-order valence-electron chi connectivity index (χ2n) is 6.79. The number of thiophene rings is 1. The van der Waals surface area contributed by atoms with E-state index in [0.29, 0.717) is 28.6 Å². The number of para-hydroxylation sites is 1. The van der Waals surface area contributed by atoms with Crippen molar-refractivity contribution < 1.29 is 13.9 Å². The maximum Gasteiger partial charge on any atom is 0.297 e. The van der Waals surface area contributed by atoms with E-state index in [1.807, 2.05) is 35.7 Å². The molecule has 0 aliphatic rings. The molecule has 0 spiro atoms. The van der Waals surface area contributed by atoms with Crippen LogP contribution in [0.1, 0.15) is 10.6 Å². The van der Waals surface area contributed by atoms with Crippen molar-refractivity contribution in [2.24, 2.45) is 0 Å². The molecule has 0 saturated heterocycles. The van der Waals surface area contributed by atoms with Crippen molar-refractivity contribution in [2.75, 3.05) is 12.4 Å². The molecule has 0 unspecified atom stereocenters. The number of carbonyl (C=O) groups is 1. The van der Waals surface area contributed by atoms with Crippen molar-refractivity contribution in [3.63, 3.8) is 0 Å². The lowest BCUT2D eigenvalue weighted by Gasteiger charge is -2.04. The average Bonchev–Trinajstić information content (AvgIpc) is 3.59. The SMILES string of the molecule is COc1ccccc1-c1nc(NC(=O)c2nc(-c3cccs3)n(-c3cccc(F)c3)n2)n[nH]1. The van der Waals surface area contributed by atoms with Crippen LogP contribution in [0.2, 0.25) is 0 Å². The number of ether oxygens (including phenoxy) is 1. The van der Waals surface area contributed by atoms with Gasteiger partial charge < -0.3 is 4.74 Å². The minimum absolute atomic E-state index is 0.0562. The summed E-state index contributed by atoms with van der Waals surface area (Å²) in [5.41, 5.74) is 1.14. The molecule has 164 valence electrons. The fourth-order valence-electron chi connectivity index (χ4n) is 3.20. The number of amides is 1. The number of hydrogen-bond donors (Lipinski definition) is 2. The first kappa shape index (κ1) is 20.5. The lowest BCUT2D eigenvalue weighted by atomic mass is 10.2. The van der Waals surface area contributed by atoms with Crippen LogP contribution in [0.15, 0.2) is 66.0 Å². The maximum atomic E-state index is 13.8. The molecule has 0 atom stereocenters. The fourth-order valence-corrected chi connectivity index (χ4v) is 3.90. The van der Waals surface area contributed by atoms with E-state index >= 15 is 0 Å². The Kier molecular flexibility index (Phi) is 5.37. The number of H-pyrrole nitrogens is 1. The summed E-state index contributed by atoms with van der Waals surface area (Å²) in [4.78, 5) is 22.4. The van der Waals surface area contributed by atoms with E-state index < -0.39 is 11.7 Å². The maximum absolute atomic E-state index is 13.8. The zero-order chi connectivity index (χ0) is 22.8. The van der Waals surface area contributed by atoms with Gasteiger partial charge in [0.05, 0.1) is 23.2 Å². The number of aromatic nitrogens is 6. The van der Waals surface area contributed by atoms with Crippen LogP contribution in [0.4, 0.5) is 10.3 Å². The summed E-state index contributed by atoms with van der Waals surface area (Å²) in [6.07, 6.45) is 0. The van der Waals surface area contributed by atoms with Gasteiger partial charge in [-0.15, -0.1) is 21.5 Å². The van der Waals surface area contributed by atoms with Gasteiger partial charge >= 0.3 is 0 Å². The second-order valence-corrected chi connectivity index (χ2v) is 7.74. The molecule has 2 N–H and O–H groups in total. The molecule has 0 aliphatic heterocycles. The summed E-state index contributed by atoms with van der Waals surface area (Å²) >= 11 is 1.43. The van der Waals surface area contributed by atoms with Crippen molar-refractivity contribution in [2.45, 2.75) is 0 Å². The molecule has 0 bridgehead atoms. The number of hydrogen-bond acceptors (Lipinski definition) is 7. The van der Waals surface area contributed by atoms with E-state index in [9.17, 15) is 9.18 Å². The van der Waals surface area contributed by atoms with E-state index in [4.69, 9.17) is 4.74 Å². The molecular formula is C22H16FN7O2S. The van der Waals surface area contributed by atoms with Crippen LogP contribution in [-0.2, 0) is 0 Å². The zero-order valence-corrected chi connectivity index (χ0v) is 18.0. The highest BCUT2D eigenvalue weighted by atomic mass is 32.1. The number of nitrogens with one attached hydrogen (secondary N) is 2. The summed E-state index contributed by atoms with van der Waals surface area (Å²) in [7, 11) is 1.56. The summed E-state index contributed by atoms with van der Waals surface area (Å²) in [6.45, 7) is 0. The molecule has 0 radical (unpaired) electrons. The number of benzene rings is 2. The Morgan fingerprint density at radius 2 is 2.00 bits per heavy atom. The van der Waals surface area contributed by atoms with Crippen LogP contribution in [0.25, 0.3) is 27.8 Å². The number of carbonyl (C=O) groups excluding carboxylic acids is 1. The number of anilines is 1. The van der Waals surface area contributed by atoms with E-state index in [0.717, 1.165) is 4.88 Å². The largest absolute Gasteiger partial charge is 0.496 e. The predicted molar refractivity (Wildman–Crippen MR) is 121 cm³/mol. The Morgan fingerprint density at radius 3 is 2.79 bits per heavy atom. The summed E-state index contributed by atoms with van der Waals surface area (Å²) in [6, 6.07) is 16.9. The topological polar surface area (TPSA) is 111 Å². The van der Waals surface area contributed by atoms with Gasteiger partial charge in [-0.1, -0.05) is 24.3 Å². The van der Waals surface area contributed by atoms with Crippen LogP contribution in [0, 0.1) is 5.82 Å². The molecule has 0 aliphatic carbocycles. The molecule has 3 heterocycles. The number of halogens is 1. The molecule has 0 saturated carbocycles. The molecular weight excluding hydrogens is 445 g/mol. The first-order valence-electron chi connectivity index (χ1n) is 9.76. The third-order valence-corrected chi connectivity index (χ3v) is 5.54. The van der Waals surface area contributed by atoms with Crippen molar-refractivity contribution in [3.05, 3.63) is 77.7 Å². The minimum Gasteiger partial charge on any atom is -0.496 e. The summed E-state index contributed by atoms with van der Waals surface area (Å²) < 4.78 is 20.6. The quantitative estimate of drug-likeness (QED) is 0.393. The summed E-state index contributed by atoms with van der Waals surface area (Å²) in [5, 5.41) is 15.6. The van der Waals surface area contributed by atoms with Crippen molar-refractivity contribution >= 4 is 23.2 Å². The van der Waals surface area contributed by atoms with Crippen LogP contribution >= 0.6 is 11.3 Å². The molecule has 1 amide bonds. The number of nitrogens with zero attached hydrogens (tertiary/aromatic N) is 5.